The molecule has 1 aliphatic rings. The van der Waals surface area contributed by atoms with E-state index in [0.29, 0.717) is 5.92 Å². The normalized spacial score (nSPS) is 22.0. The second kappa shape index (κ2) is 6.76. The van der Waals surface area contributed by atoms with Crippen LogP contribution in [0.4, 0.5) is 0 Å². The minimum Gasteiger partial charge on any atom is -0.459 e. The highest BCUT2D eigenvalue weighted by atomic mass is 16.6. The van der Waals surface area contributed by atoms with Gasteiger partial charge in [-0.05, 0) is 51.4 Å². The number of hydrogen-bond donors (Lipinski definition) is 0. The molecule has 0 radical (unpaired) electrons. The van der Waals surface area contributed by atoms with E-state index < -0.39 is 0 Å². The molecule has 0 aromatic rings. The fourth-order valence-corrected chi connectivity index (χ4v) is 3.18. The summed E-state index contributed by atoms with van der Waals surface area (Å²) < 4.78 is 6.07. The van der Waals surface area contributed by atoms with Crippen LogP contribution in [0.1, 0.15) is 86.0 Å². The molecule has 1 aliphatic carbocycles. The zero-order chi connectivity index (χ0) is 14.5. The summed E-state index contributed by atoms with van der Waals surface area (Å²) in [5.74, 6) is 0.366. The topological polar surface area (TPSA) is 26.3 Å². The monoisotopic (exact) mass is 268 g/mol. The van der Waals surface area contributed by atoms with Gasteiger partial charge in [0.2, 0.25) is 0 Å². The lowest BCUT2D eigenvalue weighted by atomic mass is 9.75. The first-order valence-electron chi connectivity index (χ1n) is 8.13. The molecule has 0 N–H and O–H groups in total. The van der Waals surface area contributed by atoms with E-state index in [-0.39, 0.29) is 17.0 Å². The van der Waals surface area contributed by atoms with Crippen molar-refractivity contribution in [1.82, 2.24) is 0 Å². The molecule has 1 atom stereocenters. The Kier molecular flexibility index (Phi) is 5.88. The Bertz CT molecular complexity index is 290. The van der Waals surface area contributed by atoms with Crippen molar-refractivity contribution >= 4 is 5.97 Å². The quantitative estimate of drug-likeness (QED) is 0.626. The van der Waals surface area contributed by atoms with Gasteiger partial charge in [0.05, 0.1) is 5.41 Å². The summed E-state index contributed by atoms with van der Waals surface area (Å²) in [5, 5.41) is 0. The van der Waals surface area contributed by atoms with E-state index in [2.05, 4.69) is 34.6 Å². The molecular weight excluding hydrogens is 236 g/mol. The Balaban J connectivity index is 2.80. The summed E-state index contributed by atoms with van der Waals surface area (Å²) >= 11 is 0. The highest BCUT2D eigenvalue weighted by Gasteiger charge is 2.42. The highest BCUT2D eigenvalue weighted by Crippen LogP contribution is 2.40. The van der Waals surface area contributed by atoms with Crippen LogP contribution >= 0.6 is 0 Å². The van der Waals surface area contributed by atoms with Gasteiger partial charge in [-0.25, -0.2) is 0 Å². The largest absolute Gasteiger partial charge is 0.459 e. The Morgan fingerprint density at radius 3 is 2.21 bits per heavy atom. The lowest BCUT2D eigenvalue weighted by Crippen LogP contribution is -2.43. The fraction of sp³-hybridized carbons (Fsp3) is 0.941. The molecule has 0 bridgehead atoms. The van der Waals surface area contributed by atoms with E-state index in [1.54, 1.807) is 0 Å². The number of carbonyl (C=O) groups excluding carboxylic acids is 1. The maximum absolute atomic E-state index is 12.7. The average molecular weight is 268 g/mol. The Hall–Kier alpha value is -0.530. The zero-order valence-electron chi connectivity index (χ0n) is 13.6. The third-order valence-electron chi connectivity index (χ3n) is 5.23. The second-order valence-electron chi connectivity index (χ2n) is 6.81. The minimum atomic E-state index is -0.325. The Morgan fingerprint density at radius 1 is 1.21 bits per heavy atom. The molecule has 0 aromatic carbocycles. The summed E-state index contributed by atoms with van der Waals surface area (Å²) in [6.07, 6.45) is 8.70. The Morgan fingerprint density at radius 2 is 1.79 bits per heavy atom. The predicted molar refractivity (Wildman–Crippen MR) is 80.1 cm³/mol. The molecule has 0 aliphatic heterocycles. The number of hydrogen-bond acceptors (Lipinski definition) is 2. The number of esters is 1. The van der Waals surface area contributed by atoms with Crippen LogP contribution in [0.3, 0.4) is 0 Å². The number of rotatable bonds is 6. The van der Waals surface area contributed by atoms with Gasteiger partial charge < -0.3 is 4.74 Å². The van der Waals surface area contributed by atoms with Gasteiger partial charge >= 0.3 is 5.97 Å². The van der Waals surface area contributed by atoms with E-state index in [1.807, 2.05) is 0 Å². The average Bonchev–Trinajstić information content (AvgIpc) is 2.39. The summed E-state index contributed by atoms with van der Waals surface area (Å²) in [7, 11) is 0. The molecule has 1 rings (SSSR count). The van der Waals surface area contributed by atoms with Gasteiger partial charge in [-0.15, -0.1) is 0 Å². The van der Waals surface area contributed by atoms with Crippen LogP contribution in [-0.4, -0.2) is 11.6 Å². The highest BCUT2D eigenvalue weighted by molar-refractivity contribution is 5.77. The van der Waals surface area contributed by atoms with Crippen LogP contribution in [0.15, 0.2) is 0 Å². The molecule has 19 heavy (non-hydrogen) atoms. The maximum atomic E-state index is 12.7. The van der Waals surface area contributed by atoms with Gasteiger partial charge in [0.1, 0.15) is 5.60 Å². The van der Waals surface area contributed by atoms with Gasteiger partial charge in [0.15, 0.2) is 0 Å². The Labute approximate surface area is 119 Å². The minimum absolute atomic E-state index is 0.0353. The third-order valence-corrected chi connectivity index (χ3v) is 5.23. The first-order chi connectivity index (χ1) is 8.90. The molecule has 0 amide bonds. The lowest BCUT2D eigenvalue weighted by Gasteiger charge is -2.40. The van der Waals surface area contributed by atoms with E-state index in [9.17, 15) is 4.79 Å². The van der Waals surface area contributed by atoms with Gasteiger partial charge in [0.25, 0.3) is 0 Å². The first-order valence-corrected chi connectivity index (χ1v) is 8.13. The molecule has 1 fully saturated rings. The summed E-state index contributed by atoms with van der Waals surface area (Å²) in [6.45, 7) is 10.7. The van der Waals surface area contributed by atoms with Gasteiger partial charge in [-0.2, -0.15) is 0 Å². The molecule has 0 aromatic heterocycles. The summed E-state index contributed by atoms with van der Waals surface area (Å²) in [6, 6.07) is 0. The molecule has 112 valence electrons. The molecule has 2 nitrogen and oxygen atoms in total. The standard InChI is InChI=1S/C17H32O2/c1-6-11-16(5,14(3)4)15(18)19-17(7-2)12-9-8-10-13-17/h14H,6-13H2,1-5H3. The van der Waals surface area contributed by atoms with Crippen molar-refractivity contribution in [3.8, 4) is 0 Å². The van der Waals surface area contributed by atoms with Crippen LogP contribution in [0.2, 0.25) is 0 Å². The van der Waals surface area contributed by atoms with E-state index in [0.717, 1.165) is 32.1 Å². The van der Waals surface area contributed by atoms with Crippen molar-refractivity contribution < 1.29 is 9.53 Å². The van der Waals surface area contributed by atoms with Gasteiger partial charge in [-0.3, -0.25) is 4.79 Å². The fourth-order valence-electron chi connectivity index (χ4n) is 3.18. The van der Waals surface area contributed by atoms with Crippen LogP contribution < -0.4 is 0 Å². The summed E-state index contributed by atoms with van der Waals surface area (Å²) in [4.78, 5) is 12.7. The van der Waals surface area contributed by atoms with Gasteiger partial charge in [0, 0.05) is 0 Å². The third kappa shape index (κ3) is 3.73. The van der Waals surface area contributed by atoms with Crippen molar-refractivity contribution in [2.75, 3.05) is 0 Å². The smallest absolute Gasteiger partial charge is 0.312 e. The molecule has 1 unspecified atom stereocenters. The molecule has 2 heteroatoms. The van der Waals surface area contributed by atoms with Gasteiger partial charge in [-0.1, -0.05) is 40.5 Å². The second-order valence-corrected chi connectivity index (χ2v) is 6.81. The zero-order valence-corrected chi connectivity index (χ0v) is 13.6. The van der Waals surface area contributed by atoms with Crippen molar-refractivity contribution in [2.45, 2.75) is 91.6 Å². The van der Waals surface area contributed by atoms with Crippen LogP contribution in [-0.2, 0) is 9.53 Å². The van der Waals surface area contributed by atoms with E-state index in [4.69, 9.17) is 4.74 Å². The molecule has 0 saturated heterocycles. The number of carbonyl (C=O) groups is 1. The predicted octanol–water partition coefficient (Wildman–Crippen LogP) is 5.10. The van der Waals surface area contributed by atoms with Crippen molar-refractivity contribution in [1.29, 1.82) is 0 Å². The molecule has 0 spiro atoms. The van der Waals surface area contributed by atoms with Crippen LogP contribution in [0.25, 0.3) is 0 Å². The molecule has 0 heterocycles. The summed E-state index contributed by atoms with van der Waals surface area (Å²) in [5.41, 5.74) is -0.492. The lowest BCUT2D eigenvalue weighted by molar-refractivity contribution is -0.179. The SMILES string of the molecule is CCCC(C)(C(=O)OC1(CC)CCCCC1)C(C)C. The van der Waals surface area contributed by atoms with Crippen LogP contribution in [0.5, 0.6) is 0 Å². The molecule has 1 saturated carbocycles. The van der Waals surface area contributed by atoms with E-state index >= 15 is 0 Å². The van der Waals surface area contributed by atoms with Crippen LogP contribution in [0, 0.1) is 11.3 Å². The number of ether oxygens (including phenoxy) is 1. The van der Waals surface area contributed by atoms with Crippen molar-refractivity contribution in [3.05, 3.63) is 0 Å². The van der Waals surface area contributed by atoms with Crippen molar-refractivity contribution in [2.24, 2.45) is 11.3 Å². The maximum Gasteiger partial charge on any atom is 0.312 e. The first kappa shape index (κ1) is 16.5. The molecular formula is C17H32O2. The van der Waals surface area contributed by atoms with E-state index in [1.165, 1.54) is 19.3 Å². The van der Waals surface area contributed by atoms with Crippen molar-refractivity contribution in [3.63, 3.8) is 0 Å².